The van der Waals surface area contributed by atoms with Crippen molar-refractivity contribution in [2.75, 3.05) is 18.4 Å². The van der Waals surface area contributed by atoms with Crippen LogP contribution < -0.4 is 37.6 Å². The summed E-state index contributed by atoms with van der Waals surface area (Å²) in [6, 6.07) is 10.7. The zero-order valence-electron chi connectivity index (χ0n) is 36.0. The molecule has 8 amide bonds. The Labute approximate surface area is 371 Å². The fraction of sp³-hybridized carbons (Fsp3) is 0.413. The van der Waals surface area contributed by atoms with E-state index in [9.17, 15) is 43.2 Å². The van der Waals surface area contributed by atoms with Crippen LogP contribution in [0.5, 0.6) is 0 Å². The summed E-state index contributed by atoms with van der Waals surface area (Å²) in [5.74, 6) is -7.13. The highest BCUT2D eigenvalue weighted by atomic mass is 16.4. The number of ketones is 1. The first-order chi connectivity index (χ1) is 30.7. The summed E-state index contributed by atoms with van der Waals surface area (Å²) >= 11 is 0. The Morgan fingerprint density at radius 2 is 1.50 bits per heavy atom. The van der Waals surface area contributed by atoms with Crippen LogP contribution in [-0.4, -0.2) is 100 Å². The van der Waals surface area contributed by atoms with E-state index in [1.165, 1.54) is 29.2 Å². The molecular formula is C46H58N8O10. The zero-order chi connectivity index (χ0) is 46.6. The molecule has 2 aromatic carbocycles. The number of hydrogen-bond acceptors (Lipinski definition) is 9. The molecule has 9 N–H and O–H groups in total. The Balaban J connectivity index is 1.55. The predicted octanol–water partition coefficient (Wildman–Crippen LogP) is 2.69. The maximum Gasteiger partial charge on any atom is 0.328 e. The van der Waals surface area contributed by atoms with Gasteiger partial charge in [-0.1, -0.05) is 112 Å². The number of nitrogens with two attached hydrogens (primary N) is 1. The molecule has 1 heterocycles. The third-order valence-electron chi connectivity index (χ3n) is 10.9. The summed E-state index contributed by atoms with van der Waals surface area (Å²) < 4.78 is 0. The van der Waals surface area contributed by atoms with E-state index in [0.717, 1.165) is 25.3 Å². The van der Waals surface area contributed by atoms with Gasteiger partial charge >= 0.3 is 12.0 Å². The van der Waals surface area contributed by atoms with Gasteiger partial charge in [0.15, 0.2) is 0 Å². The second-order valence-corrected chi connectivity index (χ2v) is 15.6. The fourth-order valence-corrected chi connectivity index (χ4v) is 7.70. The number of nitrogens with one attached hydrogen (secondary N) is 6. The number of hydrogen-bond donors (Lipinski definition) is 8. The van der Waals surface area contributed by atoms with E-state index in [0.29, 0.717) is 36.1 Å². The minimum atomic E-state index is -1.36. The molecule has 2 aromatic rings. The average Bonchev–Trinajstić information content (AvgIpc) is 3.71. The summed E-state index contributed by atoms with van der Waals surface area (Å²) in [7, 11) is 0. The molecule has 342 valence electrons. The summed E-state index contributed by atoms with van der Waals surface area (Å²) in [4.78, 5) is 120. The number of carbonyl (C=O) groups excluding carboxylic acids is 8. The third-order valence-corrected chi connectivity index (χ3v) is 10.9. The fourth-order valence-electron chi connectivity index (χ4n) is 7.70. The molecule has 64 heavy (non-hydrogen) atoms. The third kappa shape index (κ3) is 15.1. The molecule has 0 spiro atoms. The molecule has 1 aliphatic carbocycles. The van der Waals surface area contributed by atoms with Crippen LogP contribution in [0.25, 0.3) is 0 Å². The number of rotatable bonds is 21. The predicted molar refractivity (Wildman–Crippen MR) is 237 cm³/mol. The molecule has 5 atom stereocenters. The highest BCUT2D eigenvalue weighted by molar-refractivity contribution is 6.38. The van der Waals surface area contributed by atoms with Gasteiger partial charge in [0.1, 0.15) is 18.1 Å². The SMILES string of the molecule is CCCC(NC(=O)[C@@H]1C[C@@H](NC(=O)Nc2ccccc2)CN1C(=O)[C@@H](NC(=O)/C(=C/C=C\C=C\C(=O)O)CC)C1CCCCC1)C(=O)C(=O)NCC(=O)N[C@H](C(N)=O)c1ccccc1. The number of anilines is 1. The molecule has 4 rings (SSSR count). The number of carboxylic acids is 1. The van der Waals surface area contributed by atoms with Crippen LogP contribution >= 0.6 is 0 Å². The van der Waals surface area contributed by atoms with Gasteiger partial charge in [0.05, 0.1) is 18.6 Å². The first kappa shape index (κ1) is 49.5. The number of urea groups is 1. The molecule has 0 radical (unpaired) electrons. The summed E-state index contributed by atoms with van der Waals surface area (Å²) in [5.41, 5.74) is 6.73. The Hall–Kier alpha value is -7.11. The second kappa shape index (κ2) is 25.1. The van der Waals surface area contributed by atoms with Crippen molar-refractivity contribution in [3.8, 4) is 0 Å². The first-order valence-electron chi connectivity index (χ1n) is 21.5. The van der Waals surface area contributed by atoms with Gasteiger partial charge in [-0.3, -0.25) is 33.6 Å². The Morgan fingerprint density at radius 3 is 2.12 bits per heavy atom. The molecule has 2 fully saturated rings. The summed E-state index contributed by atoms with van der Waals surface area (Å²) in [6.45, 7) is 2.69. The number of benzene rings is 2. The maximum absolute atomic E-state index is 14.8. The van der Waals surface area contributed by atoms with Crippen molar-refractivity contribution in [1.82, 2.24) is 31.5 Å². The van der Waals surface area contributed by atoms with Crippen molar-refractivity contribution < 1.29 is 48.3 Å². The van der Waals surface area contributed by atoms with Crippen molar-refractivity contribution in [1.29, 1.82) is 0 Å². The maximum atomic E-state index is 14.8. The summed E-state index contributed by atoms with van der Waals surface area (Å²) in [6.07, 6.45) is 11.2. The van der Waals surface area contributed by atoms with E-state index in [1.54, 1.807) is 74.5 Å². The molecule has 1 saturated carbocycles. The summed E-state index contributed by atoms with van der Waals surface area (Å²) in [5, 5.41) is 24.7. The smallest absolute Gasteiger partial charge is 0.328 e. The number of aliphatic carboxylic acids is 1. The molecule has 18 heteroatoms. The van der Waals surface area contributed by atoms with Crippen LogP contribution in [0.4, 0.5) is 10.5 Å². The second-order valence-electron chi connectivity index (χ2n) is 15.6. The van der Waals surface area contributed by atoms with Crippen LogP contribution in [0, 0.1) is 5.92 Å². The number of amides is 8. The van der Waals surface area contributed by atoms with Crippen LogP contribution in [-0.2, 0) is 38.4 Å². The quantitative estimate of drug-likeness (QED) is 0.0516. The number of para-hydroxylation sites is 1. The first-order valence-corrected chi connectivity index (χ1v) is 21.5. The van der Waals surface area contributed by atoms with Crippen molar-refractivity contribution in [3.63, 3.8) is 0 Å². The molecule has 1 aliphatic heterocycles. The zero-order valence-corrected chi connectivity index (χ0v) is 36.0. The normalized spacial score (nSPS) is 18.0. The lowest BCUT2D eigenvalue weighted by Crippen LogP contribution is -2.58. The molecule has 2 aliphatic rings. The highest BCUT2D eigenvalue weighted by Gasteiger charge is 2.45. The average molecular weight is 883 g/mol. The molecule has 1 saturated heterocycles. The van der Waals surface area contributed by atoms with E-state index in [1.807, 2.05) is 0 Å². The van der Waals surface area contributed by atoms with Gasteiger partial charge in [0.25, 0.3) is 5.91 Å². The van der Waals surface area contributed by atoms with E-state index in [4.69, 9.17) is 10.8 Å². The van der Waals surface area contributed by atoms with Crippen LogP contribution in [0.1, 0.15) is 83.2 Å². The monoisotopic (exact) mass is 882 g/mol. The van der Waals surface area contributed by atoms with E-state index < -0.39 is 90.0 Å². The molecule has 0 aromatic heterocycles. The Kier molecular flexibility index (Phi) is 19.4. The largest absolute Gasteiger partial charge is 0.478 e. The number of allylic oxidation sites excluding steroid dienone is 4. The highest BCUT2D eigenvalue weighted by Crippen LogP contribution is 2.30. The standard InChI is InChI=1S/C46H58N8O10/c1-3-17-34(40(58)44(62)48-27-36(55)52-38(41(47)59)30-19-10-5-11-20-30)51-43(61)35-26-33(50-46(64)49-32-23-14-8-15-24-32)28-54(35)45(63)39(31-21-12-6-13-22-31)53-42(60)29(4-2)18-9-7-16-25-37(56)57/h5,7-11,14-16,18-20,23-25,31,33-35,38-39H,3-4,6,12-13,17,21-22,26-28H2,1-2H3,(H2,47,59)(H,48,62)(H,51,61)(H,52,55)(H,53,60)(H,56,57)(H2,49,50,64)/b9-7-,25-16+,29-18+/t33-,34?,35+,38+,39+/m1/s1. The van der Waals surface area contributed by atoms with Crippen molar-refractivity contribution >= 4 is 58.9 Å². The number of carboxylic acid groups (broad SMARTS) is 1. The Morgan fingerprint density at radius 1 is 0.828 bits per heavy atom. The van der Waals surface area contributed by atoms with Gasteiger partial charge < -0.3 is 47.6 Å². The molecule has 0 bridgehead atoms. The lowest BCUT2D eigenvalue weighted by Gasteiger charge is -2.35. The number of likely N-dealkylation sites (tertiary alicyclic amines) is 1. The van der Waals surface area contributed by atoms with Gasteiger partial charge in [0, 0.05) is 23.9 Å². The van der Waals surface area contributed by atoms with Gasteiger partial charge in [-0.05, 0) is 55.7 Å². The van der Waals surface area contributed by atoms with Gasteiger partial charge in [-0.15, -0.1) is 0 Å². The molecule has 18 nitrogen and oxygen atoms in total. The topological polar surface area (TPSA) is 275 Å². The van der Waals surface area contributed by atoms with Gasteiger partial charge in [-0.25, -0.2) is 9.59 Å². The van der Waals surface area contributed by atoms with Crippen molar-refractivity contribution in [2.45, 2.75) is 102 Å². The van der Waals surface area contributed by atoms with Crippen molar-refractivity contribution in [2.24, 2.45) is 11.7 Å². The lowest BCUT2D eigenvalue weighted by molar-refractivity contribution is -0.144. The Bertz CT molecular complexity index is 2080. The van der Waals surface area contributed by atoms with Gasteiger partial charge in [-0.2, -0.15) is 0 Å². The van der Waals surface area contributed by atoms with Crippen LogP contribution in [0.3, 0.4) is 0 Å². The van der Waals surface area contributed by atoms with E-state index >= 15 is 0 Å². The van der Waals surface area contributed by atoms with Crippen LogP contribution in [0.2, 0.25) is 0 Å². The molecule has 1 unspecified atom stereocenters. The number of carbonyl (C=O) groups is 9. The molecular weight excluding hydrogens is 825 g/mol. The van der Waals surface area contributed by atoms with Crippen LogP contribution in [0.15, 0.2) is 96.6 Å². The number of Topliss-reactive ketones (excluding diaryl/α,β-unsaturated/α-hetero) is 1. The lowest BCUT2D eigenvalue weighted by atomic mass is 9.83. The minimum Gasteiger partial charge on any atom is -0.478 e. The van der Waals surface area contributed by atoms with E-state index in [2.05, 4.69) is 31.9 Å². The van der Waals surface area contributed by atoms with Crippen molar-refractivity contribution in [3.05, 3.63) is 102 Å². The minimum absolute atomic E-state index is 0.0250. The van der Waals surface area contributed by atoms with E-state index in [-0.39, 0.29) is 31.7 Å². The number of nitrogens with zero attached hydrogens (tertiary/aromatic N) is 1. The van der Waals surface area contributed by atoms with Gasteiger partial charge in [0.2, 0.25) is 35.3 Å². The number of primary amides is 1.